The number of nitrogens with zero attached hydrogens (tertiary/aromatic N) is 6. The number of hydrogen-bond acceptors (Lipinski definition) is 7. The van der Waals surface area contributed by atoms with Crippen molar-refractivity contribution < 1.29 is 9.21 Å². The maximum absolute atomic E-state index is 12.5. The van der Waals surface area contributed by atoms with E-state index in [4.69, 9.17) is 14.9 Å². The van der Waals surface area contributed by atoms with Crippen molar-refractivity contribution in [3.05, 3.63) is 18.4 Å². The summed E-state index contributed by atoms with van der Waals surface area (Å²) in [5.74, 6) is 1.68. The maximum atomic E-state index is 12.5. The summed E-state index contributed by atoms with van der Waals surface area (Å²) < 4.78 is 7.39. The van der Waals surface area contributed by atoms with Crippen LogP contribution in [-0.2, 0) is 11.3 Å². The minimum Gasteiger partial charge on any atom is -0.461 e. The first kappa shape index (κ1) is 20.5. The third kappa shape index (κ3) is 5.87. The first-order valence-corrected chi connectivity index (χ1v) is 9.67. The Morgan fingerprint density at radius 3 is 2.56 bits per heavy atom. The average molecular weight is 386 g/mol. The second-order valence-electron chi connectivity index (χ2n) is 6.27. The van der Waals surface area contributed by atoms with E-state index in [1.807, 2.05) is 22.8 Å². The summed E-state index contributed by atoms with van der Waals surface area (Å²) in [7, 11) is 0. The monoisotopic (exact) mass is 386 g/mol. The second kappa shape index (κ2) is 10.4. The quantitative estimate of drug-likeness (QED) is 0.577. The predicted octanol–water partition coefficient (Wildman–Crippen LogP) is 2.94. The molecule has 0 N–H and O–H groups in total. The van der Waals surface area contributed by atoms with Crippen LogP contribution in [0.4, 0.5) is 0 Å². The molecule has 2 aromatic heterocycles. The molecule has 0 aliphatic rings. The van der Waals surface area contributed by atoms with Gasteiger partial charge < -0.3 is 9.32 Å². The largest absolute Gasteiger partial charge is 0.461 e. The van der Waals surface area contributed by atoms with Gasteiger partial charge in [-0.2, -0.15) is 10.5 Å². The fourth-order valence-electron chi connectivity index (χ4n) is 2.46. The van der Waals surface area contributed by atoms with Crippen LogP contribution in [0, 0.1) is 28.6 Å². The topological polar surface area (TPSA) is 112 Å². The standard InChI is InChI=1S/C18H22N6O2S/c1-14(2)12-24-17(15-6-3-11-26-15)21-22-18(24)27-13-16(25)23(9-4-7-19)10-5-8-20/h3,6,11,14H,4-5,9-10,12-13H2,1-2H3. The Morgan fingerprint density at radius 1 is 1.30 bits per heavy atom. The van der Waals surface area contributed by atoms with Crippen LogP contribution in [0.1, 0.15) is 26.7 Å². The molecule has 0 unspecified atom stereocenters. The molecule has 0 saturated carbocycles. The molecule has 2 aromatic rings. The molecule has 0 bridgehead atoms. The number of aromatic nitrogens is 3. The molecule has 0 spiro atoms. The van der Waals surface area contributed by atoms with Gasteiger partial charge in [0, 0.05) is 19.6 Å². The van der Waals surface area contributed by atoms with Gasteiger partial charge in [-0.1, -0.05) is 25.6 Å². The van der Waals surface area contributed by atoms with Gasteiger partial charge in [-0.25, -0.2) is 0 Å². The molecule has 8 nitrogen and oxygen atoms in total. The highest BCUT2D eigenvalue weighted by molar-refractivity contribution is 7.99. The molecule has 0 atom stereocenters. The molecule has 27 heavy (non-hydrogen) atoms. The molecular weight excluding hydrogens is 364 g/mol. The van der Waals surface area contributed by atoms with Gasteiger partial charge >= 0.3 is 0 Å². The lowest BCUT2D eigenvalue weighted by atomic mass is 10.2. The number of carbonyl (C=O) groups is 1. The van der Waals surface area contributed by atoms with Gasteiger partial charge in [-0.05, 0) is 18.1 Å². The van der Waals surface area contributed by atoms with E-state index in [0.29, 0.717) is 42.3 Å². The summed E-state index contributed by atoms with van der Waals surface area (Å²) >= 11 is 1.30. The zero-order valence-corrected chi connectivity index (χ0v) is 16.3. The molecule has 1 amide bonds. The van der Waals surface area contributed by atoms with Crippen molar-refractivity contribution in [3.8, 4) is 23.7 Å². The average Bonchev–Trinajstić information content (AvgIpc) is 3.29. The molecule has 2 rings (SSSR count). The minimum atomic E-state index is -0.121. The molecule has 2 heterocycles. The molecule has 0 saturated heterocycles. The maximum Gasteiger partial charge on any atom is 0.233 e. The third-order valence-electron chi connectivity index (χ3n) is 3.67. The normalized spacial score (nSPS) is 10.6. The zero-order chi connectivity index (χ0) is 19.6. The number of thioether (sulfide) groups is 1. The highest BCUT2D eigenvalue weighted by Gasteiger charge is 2.20. The Hall–Kier alpha value is -2.78. The van der Waals surface area contributed by atoms with Crippen molar-refractivity contribution in [2.24, 2.45) is 5.92 Å². The molecule has 0 aliphatic heterocycles. The Balaban J connectivity index is 2.10. The summed E-state index contributed by atoms with van der Waals surface area (Å²) in [6.45, 7) is 5.54. The minimum absolute atomic E-state index is 0.121. The van der Waals surface area contributed by atoms with Gasteiger partial charge in [0.05, 0.1) is 37.0 Å². The van der Waals surface area contributed by atoms with E-state index in [2.05, 4.69) is 24.0 Å². The van der Waals surface area contributed by atoms with Crippen molar-refractivity contribution in [2.75, 3.05) is 18.8 Å². The van der Waals surface area contributed by atoms with Crippen LogP contribution in [-0.4, -0.2) is 44.4 Å². The summed E-state index contributed by atoms with van der Waals surface area (Å²) in [6.07, 6.45) is 2.07. The highest BCUT2D eigenvalue weighted by atomic mass is 32.2. The van der Waals surface area contributed by atoms with E-state index < -0.39 is 0 Å². The molecule has 0 aliphatic carbocycles. The van der Waals surface area contributed by atoms with Crippen LogP contribution in [0.25, 0.3) is 11.6 Å². The second-order valence-corrected chi connectivity index (χ2v) is 7.22. The van der Waals surface area contributed by atoms with Crippen molar-refractivity contribution in [2.45, 2.75) is 38.4 Å². The third-order valence-corrected chi connectivity index (χ3v) is 4.62. The van der Waals surface area contributed by atoms with Crippen molar-refractivity contribution in [1.82, 2.24) is 19.7 Å². The lowest BCUT2D eigenvalue weighted by Crippen LogP contribution is -2.34. The molecular formula is C18H22N6O2S. The van der Waals surface area contributed by atoms with Gasteiger partial charge in [0.25, 0.3) is 0 Å². The van der Waals surface area contributed by atoms with Gasteiger partial charge in [0.2, 0.25) is 5.91 Å². The van der Waals surface area contributed by atoms with Crippen LogP contribution < -0.4 is 0 Å². The zero-order valence-electron chi connectivity index (χ0n) is 15.5. The molecule has 0 fully saturated rings. The van der Waals surface area contributed by atoms with Gasteiger partial charge in [-0.3, -0.25) is 9.36 Å². The first-order chi connectivity index (χ1) is 13.1. The lowest BCUT2D eigenvalue weighted by molar-refractivity contribution is -0.128. The van der Waals surface area contributed by atoms with E-state index in [-0.39, 0.29) is 24.5 Å². The summed E-state index contributed by atoms with van der Waals surface area (Å²) in [6, 6.07) is 7.68. The number of nitriles is 2. The van der Waals surface area contributed by atoms with Crippen LogP contribution >= 0.6 is 11.8 Å². The first-order valence-electron chi connectivity index (χ1n) is 8.68. The van der Waals surface area contributed by atoms with Crippen LogP contribution in [0.5, 0.6) is 0 Å². The molecule has 9 heteroatoms. The highest BCUT2D eigenvalue weighted by Crippen LogP contribution is 2.25. The van der Waals surface area contributed by atoms with E-state index in [1.165, 1.54) is 11.8 Å². The summed E-state index contributed by atoms with van der Waals surface area (Å²) in [5.41, 5.74) is 0. The molecule has 142 valence electrons. The van der Waals surface area contributed by atoms with Gasteiger partial charge in [-0.15, -0.1) is 10.2 Å². The van der Waals surface area contributed by atoms with Crippen molar-refractivity contribution in [1.29, 1.82) is 10.5 Å². The predicted molar refractivity (Wildman–Crippen MR) is 100 cm³/mol. The Morgan fingerprint density at radius 2 is 2.00 bits per heavy atom. The number of carbonyl (C=O) groups excluding carboxylic acids is 1. The summed E-state index contributed by atoms with van der Waals surface area (Å²) in [5, 5.41) is 26.6. The van der Waals surface area contributed by atoms with Crippen molar-refractivity contribution >= 4 is 17.7 Å². The Bertz CT molecular complexity index is 798. The van der Waals surface area contributed by atoms with Gasteiger partial charge in [0.1, 0.15) is 0 Å². The number of furan rings is 1. The lowest BCUT2D eigenvalue weighted by Gasteiger charge is -2.20. The molecule has 0 radical (unpaired) electrons. The van der Waals surface area contributed by atoms with E-state index in [1.54, 1.807) is 17.2 Å². The number of rotatable bonds is 10. The van der Waals surface area contributed by atoms with E-state index in [0.717, 1.165) is 0 Å². The summed E-state index contributed by atoms with van der Waals surface area (Å²) in [4.78, 5) is 14.1. The van der Waals surface area contributed by atoms with Crippen LogP contribution in [0.15, 0.2) is 28.0 Å². The van der Waals surface area contributed by atoms with E-state index >= 15 is 0 Å². The smallest absolute Gasteiger partial charge is 0.233 e. The Kier molecular flexibility index (Phi) is 7.90. The number of amides is 1. The fourth-order valence-corrected chi connectivity index (χ4v) is 3.31. The van der Waals surface area contributed by atoms with Crippen molar-refractivity contribution in [3.63, 3.8) is 0 Å². The SMILES string of the molecule is CC(C)Cn1c(SCC(=O)N(CCC#N)CCC#N)nnc1-c1ccco1. The van der Waals surface area contributed by atoms with Gasteiger partial charge in [0.15, 0.2) is 16.7 Å². The van der Waals surface area contributed by atoms with E-state index in [9.17, 15) is 4.79 Å². The van der Waals surface area contributed by atoms with Crippen LogP contribution in [0.3, 0.4) is 0 Å². The number of hydrogen-bond donors (Lipinski definition) is 0. The fraction of sp³-hybridized carbons (Fsp3) is 0.500. The molecule has 0 aromatic carbocycles. The van der Waals surface area contributed by atoms with Crippen LogP contribution in [0.2, 0.25) is 0 Å². The Labute approximate surface area is 162 Å².